The summed E-state index contributed by atoms with van der Waals surface area (Å²) in [6.07, 6.45) is 0.846. The van der Waals surface area contributed by atoms with E-state index in [0.717, 1.165) is 6.07 Å². The van der Waals surface area contributed by atoms with Crippen LogP contribution in [0.2, 0.25) is 0 Å². The van der Waals surface area contributed by atoms with E-state index in [1.807, 2.05) is 18.7 Å². The fraction of sp³-hybridized carbons (Fsp3) is 0.444. The van der Waals surface area contributed by atoms with Gasteiger partial charge >= 0.3 is 0 Å². The van der Waals surface area contributed by atoms with E-state index in [4.69, 9.17) is 9.15 Å². The summed E-state index contributed by atoms with van der Waals surface area (Å²) in [6, 6.07) is 7.20. The summed E-state index contributed by atoms with van der Waals surface area (Å²) in [5, 5.41) is 10.1. The molecule has 0 bridgehead atoms. The predicted octanol–water partition coefficient (Wildman–Crippen LogP) is 3.35. The maximum Gasteiger partial charge on any atom is 0.130 e. The van der Waals surface area contributed by atoms with Gasteiger partial charge in [0.25, 0.3) is 0 Å². The average Bonchev–Trinajstić information content (AvgIpc) is 3.02. The maximum absolute atomic E-state index is 13.8. The van der Waals surface area contributed by atoms with Gasteiger partial charge in [-0.3, -0.25) is 4.90 Å². The number of rotatable bonds is 9. The number of hydrogen-bond donors (Lipinski definition) is 1. The normalized spacial score (nSPS) is 13.0. The Hall–Kier alpha value is -1.76. The molecule has 2 rings (SSSR count). The number of halogens is 2. The van der Waals surface area contributed by atoms with Crippen molar-refractivity contribution >= 4 is 0 Å². The quantitative estimate of drug-likeness (QED) is 0.761. The summed E-state index contributed by atoms with van der Waals surface area (Å²) in [7, 11) is 0. The molecule has 0 fully saturated rings. The Morgan fingerprint density at radius 2 is 2.04 bits per heavy atom. The molecule has 0 unspecified atom stereocenters. The van der Waals surface area contributed by atoms with Gasteiger partial charge in [-0.2, -0.15) is 0 Å². The Balaban J connectivity index is 1.85. The molecule has 0 amide bonds. The van der Waals surface area contributed by atoms with Crippen molar-refractivity contribution in [3.8, 4) is 0 Å². The van der Waals surface area contributed by atoms with Crippen LogP contribution in [0.1, 0.15) is 25.2 Å². The number of ether oxygens (including phenoxy) is 1. The van der Waals surface area contributed by atoms with Crippen molar-refractivity contribution < 1.29 is 23.0 Å². The zero-order valence-electron chi connectivity index (χ0n) is 13.9. The topological polar surface area (TPSA) is 45.8 Å². The second kappa shape index (κ2) is 8.92. The second-order valence-corrected chi connectivity index (χ2v) is 6.01. The van der Waals surface area contributed by atoms with Gasteiger partial charge in [0.15, 0.2) is 0 Å². The highest BCUT2D eigenvalue weighted by molar-refractivity contribution is 5.18. The van der Waals surface area contributed by atoms with Crippen LogP contribution in [-0.4, -0.2) is 35.3 Å². The zero-order chi connectivity index (χ0) is 17.5. The predicted molar refractivity (Wildman–Crippen MR) is 86.3 cm³/mol. The molecule has 1 aromatic carbocycles. The lowest BCUT2D eigenvalue weighted by Crippen LogP contribution is -2.39. The molecule has 0 radical (unpaired) electrons. The maximum atomic E-state index is 13.8. The molecule has 0 aliphatic heterocycles. The second-order valence-electron chi connectivity index (χ2n) is 6.01. The van der Waals surface area contributed by atoms with Crippen LogP contribution in [0.25, 0.3) is 0 Å². The lowest BCUT2D eigenvalue weighted by molar-refractivity contribution is -0.00133. The number of furan rings is 1. The third kappa shape index (κ3) is 5.70. The molecule has 1 N–H and O–H groups in total. The first-order valence-corrected chi connectivity index (χ1v) is 7.92. The third-order valence-electron chi connectivity index (χ3n) is 3.70. The number of aliphatic hydroxyl groups excluding tert-OH is 1. The first kappa shape index (κ1) is 18.6. The van der Waals surface area contributed by atoms with Gasteiger partial charge in [0.05, 0.1) is 19.0 Å². The van der Waals surface area contributed by atoms with Crippen LogP contribution in [0.5, 0.6) is 0 Å². The number of hydrogen-bond acceptors (Lipinski definition) is 4. The summed E-state index contributed by atoms with van der Waals surface area (Å²) in [5.74, 6) is -0.487. The van der Waals surface area contributed by atoms with Crippen molar-refractivity contribution in [2.24, 2.45) is 0 Å². The zero-order valence-corrected chi connectivity index (χ0v) is 13.9. The van der Waals surface area contributed by atoms with E-state index >= 15 is 0 Å². The minimum absolute atomic E-state index is 0.0918. The Labute approximate surface area is 140 Å². The molecule has 0 saturated carbocycles. The third-order valence-corrected chi connectivity index (χ3v) is 3.70. The molecule has 1 aromatic heterocycles. The van der Waals surface area contributed by atoms with E-state index in [2.05, 4.69) is 0 Å². The molecular weight excluding hydrogens is 316 g/mol. The van der Waals surface area contributed by atoms with Crippen LogP contribution in [0.15, 0.2) is 41.0 Å². The molecule has 132 valence electrons. The highest BCUT2D eigenvalue weighted by Gasteiger charge is 2.17. The van der Waals surface area contributed by atoms with Gasteiger partial charge in [0, 0.05) is 30.8 Å². The Kier molecular flexibility index (Phi) is 6.90. The van der Waals surface area contributed by atoms with E-state index in [1.165, 1.54) is 12.1 Å². The lowest BCUT2D eigenvalue weighted by atomic mass is 10.1. The van der Waals surface area contributed by atoms with Gasteiger partial charge in [-0.1, -0.05) is 6.07 Å². The molecule has 1 heterocycles. The molecule has 0 spiro atoms. The first-order chi connectivity index (χ1) is 11.5. The highest BCUT2D eigenvalue weighted by atomic mass is 19.1. The van der Waals surface area contributed by atoms with Crippen molar-refractivity contribution in [2.75, 3.05) is 13.2 Å². The molecule has 2 aromatic rings. The van der Waals surface area contributed by atoms with Crippen LogP contribution >= 0.6 is 0 Å². The van der Waals surface area contributed by atoms with E-state index in [0.29, 0.717) is 31.0 Å². The summed E-state index contributed by atoms with van der Waals surface area (Å²) in [6.45, 7) is 4.97. The van der Waals surface area contributed by atoms with Gasteiger partial charge in [0.2, 0.25) is 0 Å². The largest absolute Gasteiger partial charge is 0.467 e. The van der Waals surface area contributed by atoms with Gasteiger partial charge in [-0.15, -0.1) is 0 Å². The fourth-order valence-electron chi connectivity index (χ4n) is 2.34. The monoisotopic (exact) mass is 339 g/mol. The molecular formula is C18H23F2NO3. The van der Waals surface area contributed by atoms with Crippen molar-refractivity contribution in [2.45, 2.75) is 39.1 Å². The van der Waals surface area contributed by atoms with E-state index in [-0.39, 0.29) is 12.6 Å². The average molecular weight is 339 g/mol. The van der Waals surface area contributed by atoms with Gasteiger partial charge in [-0.05, 0) is 32.0 Å². The van der Waals surface area contributed by atoms with E-state index in [9.17, 15) is 13.9 Å². The Morgan fingerprint density at radius 1 is 1.25 bits per heavy atom. The molecule has 1 atom stereocenters. The summed E-state index contributed by atoms with van der Waals surface area (Å²) in [4.78, 5) is 1.91. The smallest absolute Gasteiger partial charge is 0.130 e. The molecule has 0 aliphatic carbocycles. The van der Waals surface area contributed by atoms with Gasteiger partial charge in [0.1, 0.15) is 24.0 Å². The molecule has 0 saturated heterocycles. The van der Waals surface area contributed by atoms with Crippen LogP contribution in [0, 0.1) is 11.6 Å². The number of benzene rings is 1. The fourth-order valence-corrected chi connectivity index (χ4v) is 2.34. The van der Waals surface area contributed by atoms with Crippen molar-refractivity contribution in [3.05, 3.63) is 59.6 Å². The Bertz CT molecular complexity index is 617. The SMILES string of the molecule is CC(C)N(Cc1ccc(F)cc1F)C[C@H](O)COCc1ccco1. The van der Waals surface area contributed by atoms with Gasteiger partial charge < -0.3 is 14.3 Å². The molecule has 24 heavy (non-hydrogen) atoms. The standard InChI is InChI=1S/C18H23F2NO3/c1-13(2)21(9-14-5-6-15(19)8-18(14)20)10-16(22)11-23-12-17-4-3-7-24-17/h3-8,13,16,22H,9-12H2,1-2H3/t16-/m0/s1. The molecule has 6 heteroatoms. The summed E-state index contributed by atoms with van der Waals surface area (Å²) >= 11 is 0. The summed E-state index contributed by atoms with van der Waals surface area (Å²) < 4.78 is 37.4. The molecule has 4 nitrogen and oxygen atoms in total. The van der Waals surface area contributed by atoms with Crippen LogP contribution in [0.3, 0.4) is 0 Å². The minimum atomic E-state index is -0.717. The summed E-state index contributed by atoms with van der Waals surface area (Å²) in [5.41, 5.74) is 0.397. The van der Waals surface area contributed by atoms with Gasteiger partial charge in [-0.25, -0.2) is 8.78 Å². The van der Waals surface area contributed by atoms with Crippen molar-refractivity contribution in [1.29, 1.82) is 0 Å². The number of nitrogens with zero attached hydrogens (tertiary/aromatic N) is 1. The van der Waals surface area contributed by atoms with Crippen molar-refractivity contribution in [3.63, 3.8) is 0 Å². The van der Waals surface area contributed by atoms with E-state index in [1.54, 1.807) is 18.4 Å². The van der Waals surface area contributed by atoms with Crippen molar-refractivity contribution in [1.82, 2.24) is 4.90 Å². The Morgan fingerprint density at radius 3 is 2.67 bits per heavy atom. The lowest BCUT2D eigenvalue weighted by Gasteiger charge is -2.28. The van der Waals surface area contributed by atoms with Crippen LogP contribution in [0.4, 0.5) is 8.78 Å². The first-order valence-electron chi connectivity index (χ1n) is 7.92. The number of aliphatic hydroxyl groups is 1. The highest BCUT2D eigenvalue weighted by Crippen LogP contribution is 2.14. The van der Waals surface area contributed by atoms with Crippen LogP contribution < -0.4 is 0 Å². The molecule has 0 aliphatic rings. The van der Waals surface area contributed by atoms with Crippen LogP contribution in [-0.2, 0) is 17.9 Å². The minimum Gasteiger partial charge on any atom is -0.467 e. The van der Waals surface area contributed by atoms with E-state index < -0.39 is 17.7 Å².